The van der Waals surface area contributed by atoms with Crippen LogP contribution in [0.4, 0.5) is 5.82 Å². The third kappa shape index (κ3) is 5.86. The molecule has 33 heavy (non-hydrogen) atoms. The molecule has 9 heteroatoms. The van der Waals surface area contributed by atoms with E-state index in [0.29, 0.717) is 37.6 Å². The standard InChI is InChI=1S/C24H32N6O2S/c1-28(2)14-8-13-25-24-21-11-6-7-12-22(21)26-23(27-24)19-29-15-17-30(18-16-29)33(31,32)20-9-4-3-5-10-20/h3-7,9-12H,8,13-19H2,1-2H3,(H,25,26,27). The highest BCUT2D eigenvalue weighted by molar-refractivity contribution is 7.89. The van der Waals surface area contributed by atoms with Gasteiger partial charge in [-0.25, -0.2) is 18.4 Å². The SMILES string of the molecule is CN(C)CCCNc1nc(CN2CCN(S(=O)(=O)c3ccccc3)CC2)nc2ccccc12. The van der Waals surface area contributed by atoms with Gasteiger partial charge in [-0.05, 0) is 51.3 Å². The molecule has 1 saturated heterocycles. The van der Waals surface area contributed by atoms with E-state index in [-0.39, 0.29) is 0 Å². The maximum Gasteiger partial charge on any atom is 0.243 e. The summed E-state index contributed by atoms with van der Waals surface area (Å²) in [5, 5.41) is 4.50. The number of fused-ring (bicyclic) bond motifs is 1. The molecular formula is C24H32N6O2S. The second-order valence-electron chi connectivity index (χ2n) is 8.58. The van der Waals surface area contributed by atoms with Crippen LogP contribution in [0.1, 0.15) is 12.2 Å². The van der Waals surface area contributed by atoms with Crippen LogP contribution >= 0.6 is 0 Å². The van der Waals surface area contributed by atoms with Gasteiger partial charge in [0.05, 0.1) is 17.0 Å². The Labute approximate surface area is 196 Å². The highest BCUT2D eigenvalue weighted by Gasteiger charge is 2.28. The van der Waals surface area contributed by atoms with E-state index in [4.69, 9.17) is 9.97 Å². The van der Waals surface area contributed by atoms with Gasteiger partial charge in [0.1, 0.15) is 11.6 Å². The smallest absolute Gasteiger partial charge is 0.243 e. The molecule has 1 N–H and O–H groups in total. The Kier molecular flexibility index (Phi) is 7.54. The minimum atomic E-state index is -3.45. The van der Waals surface area contributed by atoms with E-state index in [0.717, 1.165) is 42.1 Å². The molecule has 0 unspecified atom stereocenters. The molecule has 1 fully saturated rings. The van der Waals surface area contributed by atoms with Crippen molar-refractivity contribution in [2.75, 3.05) is 58.7 Å². The van der Waals surface area contributed by atoms with Crippen molar-refractivity contribution in [1.82, 2.24) is 24.1 Å². The Morgan fingerprint density at radius 3 is 2.36 bits per heavy atom. The van der Waals surface area contributed by atoms with E-state index in [1.165, 1.54) is 0 Å². The zero-order chi connectivity index (χ0) is 23.3. The maximum absolute atomic E-state index is 12.9. The molecule has 176 valence electrons. The van der Waals surface area contributed by atoms with Crippen molar-refractivity contribution in [2.24, 2.45) is 0 Å². The number of aromatic nitrogens is 2. The van der Waals surface area contributed by atoms with E-state index in [2.05, 4.69) is 29.2 Å². The second kappa shape index (κ2) is 10.6. The molecular weight excluding hydrogens is 436 g/mol. The maximum atomic E-state index is 12.9. The van der Waals surface area contributed by atoms with E-state index in [9.17, 15) is 8.42 Å². The van der Waals surface area contributed by atoms with Gasteiger partial charge in [-0.15, -0.1) is 0 Å². The van der Waals surface area contributed by atoms with E-state index < -0.39 is 10.0 Å². The number of para-hydroxylation sites is 1. The first-order chi connectivity index (χ1) is 15.9. The van der Waals surface area contributed by atoms with Gasteiger partial charge >= 0.3 is 0 Å². The Morgan fingerprint density at radius 1 is 0.939 bits per heavy atom. The van der Waals surface area contributed by atoms with Crippen LogP contribution in [0.3, 0.4) is 0 Å². The van der Waals surface area contributed by atoms with Gasteiger partial charge in [0.15, 0.2) is 0 Å². The lowest BCUT2D eigenvalue weighted by Crippen LogP contribution is -2.48. The van der Waals surface area contributed by atoms with Crippen LogP contribution in [-0.2, 0) is 16.6 Å². The zero-order valence-corrected chi connectivity index (χ0v) is 20.1. The molecule has 2 heterocycles. The summed E-state index contributed by atoms with van der Waals surface area (Å²) in [6.07, 6.45) is 1.03. The number of benzene rings is 2. The highest BCUT2D eigenvalue weighted by atomic mass is 32.2. The fourth-order valence-electron chi connectivity index (χ4n) is 4.00. The molecule has 3 aromatic rings. The fourth-order valence-corrected chi connectivity index (χ4v) is 5.45. The van der Waals surface area contributed by atoms with Gasteiger partial charge in [0, 0.05) is 38.1 Å². The number of hydrogen-bond donors (Lipinski definition) is 1. The molecule has 2 aromatic carbocycles. The van der Waals surface area contributed by atoms with E-state index in [1.54, 1.807) is 28.6 Å². The molecule has 0 radical (unpaired) electrons. The van der Waals surface area contributed by atoms with Crippen LogP contribution in [0.5, 0.6) is 0 Å². The quantitative estimate of drug-likeness (QED) is 0.483. The summed E-state index contributed by atoms with van der Waals surface area (Å²) in [6, 6.07) is 16.7. The molecule has 0 amide bonds. The molecule has 8 nitrogen and oxygen atoms in total. The Bertz CT molecular complexity index is 1160. The van der Waals surface area contributed by atoms with Gasteiger partial charge in [-0.3, -0.25) is 4.90 Å². The highest BCUT2D eigenvalue weighted by Crippen LogP contribution is 2.22. The first-order valence-electron chi connectivity index (χ1n) is 11.4. The summed E-state index contributed by atoms with van der Waals surface area (Å²) in [5.74, 6) is 1.61. The largest absolute Gasteiger partial charge is 0.369 e. The average molecular weight is 469 g/mol. The van der Waals surface area contributed by atoms with Crippen molar-refractivity contribution in [3.8, 4) is 0 Å². The molecule has 1 aliphatic heterocycles. The Hall–Kier alpha value is -2.59. The zero-order valence-electron chi connectivity index (χ0n) is 19.3. The minimum absolute atomic E-state index is 0.348. The van der Waals surface area contributed by atoms with Crippen LogP contribution in [0, 0.1) is 0 Å². The summed E-state index contributed by atoms with van der Waals surface area (Å²) in [7, 11) is 0.694. The van der Waals surface area contributed by atoms with Crippen molar-refractivity contribution in [3.63, 3.8) is 0 Å². The molecule has 0 atom stereocenters. The Morgan fingerprint density at radius 2 is 1.64 bits per heavy atom. The van der Waals surface area contributed by atoms with Crippen LogP contribution in [0.25, 0.3) is 10.9 Å². The average Bonchev–Trinajstić information content (AvgIpc) is 2.82. The van der Waals surface area contributed by atoms with Crippen LogP contribution in [0.15, 0.2) is 59.5 Å². The van der Waals surface area contributed by atoms with Gasteiger partial charge in [-0.2, -0.15) is 4.31 Å². The second-order valence-corrected chi connectivity index (χ2v) is 10.5. The number of rotatable bonds is 9. The monoisotopic (exact) mass is 468 g/mol. The topological polar surface area (TPSA) is 81.7 Å². The van der Waals surface area contributed by atoms with Gasteiger partial charge < -0.3 is 10.2 Å². The van der Waals surface area contributed by atoms with Crippen molar-refractivity contribution in [3.05, 3.63) is 60.4 Å². The van der Waals surface area contributed by atoms with Crippen molar-refractivity contribution in [2.45, 2.75) is 17.9 Å². The van der Waals surface area contributed by atoms with E-state index in [1.807, 2.05) is 30.3 Å². The minimum Gasteiger partial charge on any atom is -0.369 e. The summed E-state index contributed by atoms with van der Waals surface area (Å²) < 4.78 is 27.3. The first kappa shape index (κ1) is 23.6. The number of hydrogen-bond acceptors (Lipinski definition) is 7. The molecule has 1 aliphatic rings. The lowest BCUT2D eigenvalue weighted by molar-refractivity contribution is 0.178. The summed E-state index contributed by atoms with van der Waals surface area (Å²) in [6.45, 7) is 4.66. The normalized spacial score (nSPS) is 15.8. The van der Waals surface area contributed by atoms with Gasteiger partial charge in [0.2, 0.25) is 10.0 Å². The number of anilines is 1. The number of sulfonamides is 1. The fraction of sp³-hybridized carbons (Fsp3) is 0.417. The van der Waals surface area contributed by atoms with Gasteiger partial charge in [0.25, 0.3) is 0 Å². The predicted molar refractivity (Wildman–Crippen MR) is 132 cm³/mol. The van der Waals surface area contributed by atoms with E-state index >= 15 is 0 Å². The van der Waals surface area contributed by atoms with Gasteiger partial charge in [-0.1, -0.05) is 30.3 Å². The van der Waals surface area contributed by atoms with Crippen molar-refractivity contribution >= 4 is 26.7 Å². The van der Waals surface area contributed by atoms with Crippen LogP contribution < -0.4 is 5.32 Å². The lowest BCUT2D eigenvalue weighted by Gasteiger charge is -2.33. The molecule has 0 saturated carbocycles. The third-order valence-electron chi connectivity index (χ3n) is 5.80. The summed E-state index contributed by atoms with van der Waals surface area (Å²) in [4.78, 5) is 14.3. The molecule has 4 rings (SSSR count). The third-order valence-corrected chi connectivity index (χ3v) is 7.71. The molecule has 0 bridgehead atoms. The lowest BCUT2D eigenvalue weighted by atomic mass is 10.2. The molecule has 1 aromatic heterocycles. The first-order valence-corrected chi connectivity index (χ1v) is 12.8. The number of nitrogens with zero attached hydrogens (tertiary/aromatic N) is 5. The van der Waals surface area contributed by atoms with Crippen LogP contribution in [0.2, 0.25) is 0 Å². The number of nitrogens with one attached hydrogen (secondary N) is 1. The number of piperazine rings is 1. The van der Waals surface area contributed by atoms with Crippen molar-refractivity contribution < 1.29 is 8.42 Å². The molecule has 0 spiro atoms. The van der Waals surface area contributed by atoms with Crippen molar-refractivity contribution in [1.29, 1.82) is 0 Å². The molecule has 0 aliphatic carbocycles. The summed E-state index contributed by atoms with van der Waals surface area (Å²) in [5.41, 5.74) is 0.919. The van der Waals surface area contributed by atoms with Crippen LogP contribution in [-0.4, -0.2) is 85.9 Å². The predicted octanol–water partition coefficient (Wildman–Crippen LogP) is 2.50. The summed E-state index contributed by atoms with van der Waals surface area (Å²) >= 11 is 0. The Balaban J connectivity index is 1.42.